The normalized spacial score (nSPS) is 10.2. The highest BCUT2D eigenvalue weighted by Crippen LogP contribution is 2.17. The average Bonchev–Trinajstić information content (AvgIpc) is 2.63. The molecule has 0 fully saturated rings. The lowest BCUT2D eigenvalue weighted by Gasteiger charge is -2.07. The summed E-state index contributed by atoms with van der Waals surface area (Å²) in [5.74, 6) is -0.400. The van der Waals surface area contributed by atoms with Gasteiger partial charge in [0.25, 0.3) is 5.91 Å². The maximum absolute atomic E-state index is 13.6. The molecule has 2 aromatic heterocycles. The fourth-order valence-electron chi connectivity index (χ4n) is 1.97. The Morgan fingerprint density at radius 1 is 1.00 bits per heavy atom. The second kappa shape index (κ2) is 7.28. The topological polar surface area (TPSA) is 79.8 Å². The van der Waals surface area contributed by atoms with Crippen LogP contribution in [0, 0.1) is 5.82 Å². The van der Waals surface area contributed by atoms with Crippen LogP contribution in [0.5, 0.6) is 0 Å². The standard InChI is InChI=1S/C17H14FN5O/c18-13-6-1-2-7-14(13)23-16-11-20-15(10-21-16)17(24)22-9-12-5-3-4-8-19-12/h1-8,10-11H,9H2,(H,21,23)(H,22,24). The first-order valence-corrected chi connectivity index (χ1v) is 7.24. The number of carbonyl (C=O) groups is 1. The highest BCUT2D eigenvalue weighted by molar-refractivity contribution is 5.91. The van der Waals surface area contributed by atoms with Gasteiger partial charge in [0, 0.05) is 6.20 Å². The number of para-hydroxylation sites is 1. The zero-order valence-corrected chi connectivity index (χ0v) is 12.6. The molecular weight excluding hydrogens is 309 g/mol. The van der Waals surface area contributed by atoms with Gasteiger partial charge in [0.15, 0.2) is 0 Å². The maximum atomic E-state index is 13.6. The summed E-state index contributed by atoms with van der Waals surface area (Å²) in [4.78, 5) is 24.2. The van der Waals surface area contributed by atoms with E-state index in [1.165, 1.54) is 18.5 Å². The highest BCUT2D eigenvalue weighted by Gasteiger charge is 2.09. The molecular formula is C17H14FN5O. The number of carbonyl (C=O) groups excluding carboxylic acids is 1. The molecule has 0 spiro atoms. The minimum atomic E-state index is -0.392. The molecule has 2 heterocycles. The zero-order valence-electron chi connectivity index (χ0n) is 12.6. The van der Waals surface area contributed by atoms with E-state index in [9.17, 15) is 9.18 Å². The number of pyridine rings is 1. The largest absolute Gasteiger partial charge is 0.345 e. The van der Waals surface area contributed by atoms with E-state index in [0.717, 1.165) is 5.69 Å². The summed E-state index contributed by atoms with van der Waals surface area (Å²) >= 11 is 0. The molecule has 24 heavy (non-hydrogen) atoms. The second-order valence-corrected chi connectivity index (χ2v) is 4.90. The summed E-state index contributed by atoms with van der Waals surface area (Å²) in [6.45, 7) is 0.302. The van der Waals surface area contributed by atoms with Crippen LogP contribution in [0.3, 0.4) is 0 Å². The molecule has 2 N–H and O–H groups in total. The first-order chi connectivity index (χ1) is 11.7. The fourth-order valence-corrected chi connectivity index (χ4v) is 1.97. The smallest absolute Gasteiger partial charge is 0.271 e. The number of nitrogens with one attached hydrogen (secondary N) is 2. The van der Waals surface area contributed by atoms with E-state index in [-0.39, 0.29) is 11.6 Å². The fraction of sp³-hybridized carbons (Fsp3) is 0.0588. The van der Waals surface area contributed by atoms with Crippen molar-refractivity contribution in [2.75, 3.05) is 5.32 Å². The predicted molar refractivity (Wildman–Crippen MR) is 87.1 cm³/mol. The van der Waals surface area contributed by atoms with Crippen LogP contribution in [0.4, 0.5) is 15.9 Å². The number of halogens is 1. The van der Waals surface area contributed by atoms with Gasteiger partial charge in [-0.2, -0.15) is 0 Å². The molecule has 0 aliphatic rings. The van der Waals surface area contributed by atoms with Gasteiger partial charge in [-0.05, 0) is 24.3 Å². The van der Waals surface area contributed by atoms with Crippen molar-refractivity contribution in [1.29, 1.82) is 0 Å². The van der Waals surface area contributed by atoms with Gasteiger partial charge in [-0.15, -0.1) is 0 Å². The third kappa shape index (κ3) is 3.89. The quantitative estimate of drug-likeness (QED) is 0.754. The van der Waals surface area contributed by atoms with E-state index in [2.05, 4.69) is 25.6 Å². The van der Waals surface area contributed by atoms with Gasteiger partial charge >= 0.3 is 0 Å². The summed E-state index contributed by atoms with van der Waals surface area (Å²) in [6, 6.07) is 11.7. The number of aromatic nitrogens is 3. The Hall–Kier alpha value is -3.35. The van der Waals surface area contributed by atoms with Gasteiger partial charge in [-0.25, -0.2) is 14.4 Å². The molecule has 0 saturated carbocycles. The molecule has 0 atom stereocenters. The van der Waals surface area contributed by atoms with Crippen LogP contribution in [0.1, 0.15) is 16.2 Å². The average molecular weight is 323 g/mol. The lowest BCUT2D eigenvalue weighted by atomic mass is 10.3. The lowest BCUT2D eigenvalue weighted by Crippen LogP contribution is -2.24. The SMILES string of the molecule is O=C(NCc1ccccn1)c1cnc(Nc2ccccc2F)cn1. The molecule has 6 nitrogen and oxygen atoms in total. The molecule has 120 valence electrons. The molecule has 0 bridgehead atoms. The Balaban J connectivity index is 1.61. The van der Waals surface area contributed by atoms with Crippen molar-refractivity contribution < 1.29 is 9.18 Å². The Kier molecular flexibility index (Phi) is 4.71. The molecule has 0 radical (unpaired) electrons. The van der Waals surface area contributed by atoms with Crippen molar-refractivity contribution in [3.63, 3.8) is 0 Å². The van der Waals surface area contributed by atoms with Crippen LogP contribution in [0.15, 0.2) is 61.1 Å². The van der Waals surface area contributed by atoms with Gasteiger partial charge in [-0.1, -0.05) is 18.2 Å². The van der Waals surface area contributed by atoms with Crippen molar-refractivity contribution in [1.82, 2.24) is 20.3 Å². The molecule has 3 rings (SSSR count). The molecule has 0 saturated heterocycles. The minimum Gasteiger partial charge on any atom is -0.345 e. The Morgan fingerprint density at radius 3 is 2.54 bits per heavy atom. The third-order valence-corrected chi connectivity index (χ3v) is 3.18. The second-order valence-electron chi connectivity index (χ2n) is 4.90. The number of nitrogens with zero attached hydrogens (tertiary/aromatic N) is 3. The van der Waals surface area contributed by atoms with Crippen LogP contribution in [-0.4, -0.2) is 20.9 Å². The van der Waals surface area contributed by atoms with Gasteiger partial charge in [0.2, 0.25) is 0 Å². The van der Waals surface area contributed by atoms with Gasteiger partial charge in [-0.3, -0.25) is 9.78 Å². The van der Waals surface area contributed by atoms with Gasteiger partial charge < -0.3 is 10.6 Å². The summed E-state index contributed by atoms with van der Waals surface area (Å²) in [7, 11) is 0. The van der Waals surface area contributed by atoms with E-state index >= 15 is 0 Å². The number of amides is 1. The molecule has 1 amide bonds. The van der Waals surface area contributed by atoms with Gasteiger partial charge in [0.1, 0.15) is 17.3 Å². The summed E-state index contributed by atoms with van der Waals surface area (Å²) in [5, 5.41) is 5.52. The third-order valence-electron chi connectivity index (χ3n) is 3.18. The molecule has 1 aromatic carbocycles. The molecule has 0 aliphatic heterocycles. The van der Waals surface area contributed by atoms with E-state index < -0.39 is 5.82 Å². The number of benzene rings is 1. The number of rotatable bonds is 5. The first kappa shape index (κ1) is 15.5. The predicted octanol–water partition coefficient (Wildman–Crippen LogP) is 2.68. The Labute approximate surface area is 137 Å². The van der Waals surface area contributed by atoms with E-state index in [4.69, 9.17) is 0 Å². The summed E-state index contributed by atoms with van der Waals surface area (Å²) in [5.41, 5.74) is 1.21. The number of anilines is 2. The van der Waals surface area contributed by atoms with Crippen molar-refractivity contribution in [2.24, 2.45) is 0 Å². The molecule has 3 aromatic rings. The Bertz CT molecular complexity index is 824. The van der Waals surface area contributed by atoms with Crippen LogP contribution < -0.4 is 10.6 Å². The molecule has 0 unspecified atom stereocenters. The lowest BCUT2D eigenvalue weighted by molar-refractivity contribution is 0.0945. The van der Waals surface area contributed by atoms with Crippen LogP contribution in [0.25, 0.3) is 0 Å². The van der Waals surface area contributed by atoms with Crippen molar-refractivity contribution >= 4 is 17.4 Å². The summed E-state index contributed by atoms with van der Waals surface area (Å²) < 4.78 is 13.6. The van der Waals surface area contributed by atoms with Crippen molar-refractivity contribution in [3.8, 4) is 0 Å². The van der Waals surface area contributed by atoms with Crippen molar-refractivity contribution in [3.05, 3.63) is 78.3 Å². The Morgan fingerprint density at radius 2 is 1.83 bits per heavy atom. The summed E-state index contributed by atoms with van der Waals surface area (Å²) in [6.07, 6.45) is 4.36. The van der Waals surface area contributed by atoms with Crippen LogP contribution in [-0.2, 0) is 6.54 Å². The minimum absolute atomic E-state index is 0.171. The van der Waals surface area contributed by atoms with Crippen molar-refractivity contribution in [2.45, 2.75) is 6.54 Å². The number of hydrogen-bond acceptors (Lipinski definition) is 5. The highest BCUT2D eigenvalue weighted by atomic mass is 19.1. The maximum Gasteiger partial charge on any atom is 0.271 e. The molecule has 0 aliphatic carbocycles. The zero-order chi connectivity index (χ0) is 16.8. The van der Waals surface area contributed by atoms with Gasteiger partial charge in [0.05, 0.1) is 30.3 Å². The first-order valence-electron chi connectivity index (χ1n) is 7.24. The molecule has 7 heteroatoms. The monoisotopic (exact) mass is 323 g/mol. The van der Waals surface area contributed by atoms with E-state index in [0.29, 0.717) is 18.1 Å². The van der Waals surface area contributed by atoms with Crippen LogP contribution in [0.2, 0.25) is 0 Å². The number of hydrogen-bond donors (Lipinski definition) is 2. The van der Waals surface area contributed by atoms with E-state index in [1.54, 1.807) is 30.5 Å². The van der Waals surface area contributed by atoms with Crippen LogP contribution >= 0.6 is 0 Å². The van der Waals surface area contributed by atoms with E-state index in [1.807, 2.05) is 12.1 Å².